The molecule has 23 heavy (non-hydrogen) atoms. The molecule has 1 fully saturated rings. The highest BCUT2D eigenvalue weighted by Gasteiger charge is 2.22. The van der Waals surface area contributed by atoms with Crippen molar-refractivity contribution in [1.29, 1.82) is 0 Å². The van der Waals surface area contributed by atoms with E-state index in [1.165, 1.54) is 0 Å². The molecule has 0 aliphatic carbocycles. The Morgan fingerprint density at radius 3 is 2.61 bits per heavy atom. The van der Waals surface area contributed by atoms with Crippen molar-refractivity contribution >= 4 is 34.8 Å². The predicted molar refractivity (Wildman–Crippen MR) is 95.3 cm³/mol. The summed E-state index contributed by atoms with van der Waals surface area (Å²) in [6.45, 7) is 8.93. The second-order valence-corrected chi connectivity index (χ2v) is 6.38. The molecule has 126 valence electrons. The number of amides is 1. The lowest BCUT2D eigenvalue weighted by molar-refractivity contribution is -0.131. The number of hydrogen-bond donors (Lipinski definition) is 0. The molecule has 6 heteroatoms. The number of hydrogen-bond acceptors (Lipinski definition) is 3. The fraction of sp³-hybridized carbons (Fsp3) is 0.471. The van der Waals surface area contributed by atoms with Crippen molar-refractivity contribution in [2.75, 3.05) is 37.7 Å². The van der Waals surface area contributed by atoms with E-state index in [2.05, 4.69) is 11.5 Å². The smallest absolute Gasteiger partial charge is 0.222 e. The SMILES string of the molecule is C=C(C)OCCCC(=O)N1CCN(c2cccc(Cl)c2Cl)CC1. The second-order valence-electron chi connectivity index (χ2n) is 5.59. The molecule has 2 rings (SSSR count). The zero-order valence-corrected chi connectivity index (χ0v) is 14.9. The number of piperazine rings is 1. The Labute approximate surface area is 147 Å². The Kier molecular flexibility index (Phi) is 6.60. The maximum Gasteiger partial charge on any atom is 0.222 e. The number of nitrogens with zero attached hydrogens (tertiary/aromatic N) is 2. The molecule has 1 aliphatic heterocycles. The van der Waals surface area contributed by atoms with E-state index in [1.807, 2.05) is 24.0 Å². The number of carbonyl (C=O) groups excluding carboxylic acids is 1. The molecule has 0 atom stereocenters. The summed E-state index contributed by atoms with van der Waals surface area (Å²) in [6, 6.07) is 5.63. The molecule has 1 aromatic rings. The first-order valence-electron chi connectivity index (χ1n) is 7.74. The quantitative estimate of drug-likeness (QED) is 0.570. The van der Waals surface area contributed by atoms with Crippen molar-refractivity contribution in [2.45, 2.75) is 19.8 Å². The van der Waals surface area contributed by atoms with Gasteiger partial charge in [0.1, 0.15) is 0 Å². The Bertz CT molecular complexity index is 570. The van der Waals surface area contributed by atoms with Crippen molar-refractivity contribution < 1.29 is 9.53 Å². The van der Waals surface area contributed by atoms with E-state index in [4.69, 9.17) is 27.9 Å². The summed E-state index contributed by atoms with van der Waals surface area (Å²) in [5.41, 5.74) is 0.932. The molecule has 1 heterocycles. The first kappa shape index (κ1) is 18.0. The van der Waals surface area contributed by atoms with Crippen LogP contribution >= 0.6 is 23.2 Å². The third-order valence-corrected chi connectivity index (χ3v) is 4.60. The summed E-state index contributed by atoms with van der Waals surface area (Å²) in [5.74, 6) is 0.858. The van der Waals surface area contributed by atoms with Crippen molar-refractivity contribution in [3.63, 3.8) is 0 Å². The third kappa shape index (κ3) is 5.05. The van der Waals surface area contributed by atoms with Gasteiger partial charge >= 0.3 is 0 Å². The summed E-state index contributed by atoms with van der Waals surface area (Å²) in [7, 11) is 0. The number of allylic oxidation sites excluding steroid dienone is 1. The van der Waals surface area contributed by atoms with Gasteiger partial charge in [0.2, 0.25) is 5.91 Å². The number of rotatable bonds is 6. The topological polar surface area (TPSA) is 32.8 Å². The van der Waals surface area contributed by atoms with Gasteiger partial charge in [0.05, 0.1) is 28.1 Å². The van der Waals surface area contributed by atoms with Crippen molar-refractivity contribution in [3.8, 4) is 0 Å². The number of ether oxygens (including phenoxy) is 1. The number of anilines is 1. The van der Waals surface area contributed by atoms with Gasteiger partial charge in [-0.05, 0) is 25.5 Å². The highest BCUT2D eigenvalue weighted by Crippen LogP contribution is 2.32. The summed E-state index contributed by atoms with van der Waals surface area (Å²) in [5, 5.41) is 1.13. The average molecular weight is 357 g/mol. The van der Waals surface area contributed by atoms with Crippen LogP contribution in [0.3, 0.4) is 0 Å². The molecule has 0 spiro atoms. The molecule has 0 aromatic heterocycles. The van der Waals surface area contributed by atoms with Crippen LogP contribution in [0.1, 0.15) is 19.8 Å². The molecule has 0 unspecified atom stereocenters. The van der Waals surface area contributed by atoms with Crippen LogP contribution in [-0.4, -0.2) is 43.6 Å². The second kappa shape index (κ2) is 8.46. The largest absolute Gasteiger partial charge is 0.499 e. The van der Waals surface area contributed by atoms with Crippen molar-refractivity contribution in [2.24, 2.45) is 0 Å². The molecule has 0 bridgehead atoms. The zero-order chi connectivity index (χ0) is 16.8. The van der Waals surface area contributed by atoms with E-state index in [0.29, 0.717) is 48.3 Å². The van der Waals surface area contributed by atoms with Crippen molar-refractivity contribution in [1.82, 2.24) is 4.90 Å². The number of halogens is 2. The molecule has 0 N–H and O–H groups in total. The van der Waals surface area contributed by atoms with E-state index < -0.39 is 0 Å². The van der Waals surface area contributed by atoms with Crippen LogP contribution in [-0.2, 0) is 9.53 Å². The van der Waals surface area contributed by atoms with Crippen LogP contribution < -0.4 is 4.90 Å². The zero-order valence-electron chi connectivity index (χ0n) is 13.4. The molecule has 1 amide bonds. The molecule has 0 radical (unpaired) electrons. The van der Waals surface area contributed by atoms with Crippen LogP contribution in [0, 0.1) is 0 Å². The van der Waals surface area contributed by atoms with Gasteiger partial charge in [0.15, 0.2) is 0 Å². The maximum atomic E-state index is 12.2. The van der Waals surface area contributed by atoms with Crippen LogP contribution in [0.25, 0.3) is 0 Å². The Morgan fingerprint density at radius 2 is 1.96 bits per heavy atom. The van der Waals surface area contributed by atoms with E-state index >= 15 is 0 Å². The van der Waals surface area contributed by atoms with Crippen LogP contribution in [0.5, 0.6) is 0 Å². The molecular formula is C17H22Cl2N2O2. The van der Waals surface area contributed by atoms with Gasteiger partial charge in [0, 0.05) is 32.6 Å². The summed E-state index contributed by atoms with van der Waals surface area (Å²) in [6.07, 6.45) is 1.22. The number of carbonyl (C=O) groups is 1. The Balaban J connectivity index is 1.80. The van der Waals surface area contributed by atoms with E-state index in [9.17, 15) is 4.79 Å². The van der Waals surface area contributed by atoms with Gasteiger partial charge in [-0.1, -0.05) is 35.8 Å². The average Bonchev–Trinajstić information content (AvgIpc) is 2.54. The lowest BCUT2D eigenvalue weighted by Gasteiger charge is -2.36. The summed E-state index contributed by atoms with van der Waals surface area (Å²) in [4.78, 5) is 16.3. The lowest BCUT2D eigenvalue weighted by atomic mass is 10.2. The molecule has 1 saturated heterocycles. The fourth-order valence-corrected chi connectivity index (χ4v) is 2.98. The molecular weight excluding hydrogens is 335 g/mol. The number of benzene rings is 1. The third-order valence-electron chi connectivity index (χ3n) is 3.79. The molecule has 1 aromatic carbocycles. The molecule has 4 nitrogen and oxygen atoms in total. The Morgan fingerprint density at radius 1 is 1.26 bits per heavy atom. The molecule has 0 saturated carbocycles. The Hall–Kier alpha value is -1.39. The van der Waals surface area contributed by atoms with Gasteiger partial charge in [-0.2, -0.15) is 0 Å². The van der Waals surface area contributed by atoms with Gasteiger partial charge in [-0.15, -0.1) is 0 Å². The van der Waals surface area contributed by atoms with Gasteiger partial charge in [-0.3, -0.25) is 4.79 Å². The fourth-order valence-electron chi connectivity index (χ4n) is 2.56. The predicted octanol–water partition coefficient (Wildman–Crippen LogP) is 3.97. The van der Waals surface area contributed by atoms with E-state index in [0.717, 1.165) is 18.8 Å². The van der Waals surface area contributed by atoms with E-state index in [1.54, 1.807) is 6.07 Å². The minimum absolute atomic E-state index is 0.173. The lowest BCUT2D eigenvalue weighted by Crippen LogP contribution is -2.48. The van der Waals surface area contributed by atoms with Gasteiger partial charge in [-0.25, -0.2) is 0 Å². The van der Waals surface area contributed by atoms with E-state index in [-0.39, 0.29) is 5.91 Å². The summed E-state index contributed by atoms with van der Waals surface area (Å²) >= 11 is 12.3. The normalized spacial score (nSPS) is 14.7. The van der Waals surface area contributed by atoms with Crippen molar-refractivity contribution in [3.05, 3.63) is 40.6 Å². The van der Waals surface area contributed by atoms with Gasteiger partial charge < -0.3 is 14.5 Å². The summed E-state index contributed by atoms with van der Waals surface area (Å²) < 4.78 is 5.28. The van der Waals surface area contributed by atoms with Crippen LogP contribution in [0.2, 0.25) is 10.0 Å². The standard InChI is InChI=1S/C17H22Cl2N2O2/c1-13(2)23-12-4-7-16(22)21-10-8-20(9-11-21)15-6-3-5-14(18)17(15)19/h3,5-6H,1,4,7-12H2,2H3. The minimum Gasteiger partial charge on any atom is -0.499 e. The van der Waals surface area contributed by atoms with Gasteiger partial charge in [0.25, 0.3) is 0 Å². The van der Waals surface area contributed by atoms with Crippen LogP contribution in [0.15, 0.2) is 30.5 Å². The molecule has 1 aliphatic rings. The first-order chi connectivity index (χ1) is 11.0. The highest BCUT2D eigenvalue weighted by molar-refractivity contribution is 6.43. The van der Waals surface area contributed by atoms with Crippen LogP contribution in [0.4, 0.5) is 5.69 Å². The maximum absolute atomic E-state index is 12.2. The minimum atomic E-state index is 0.173. The highest BCUT2D eigenvalue weighted by atomic mass is 35.5. The first-order valence-corrected chi connectivity index (χ1v) is 8.49. The monoisotopic (exact) mass is 356 g/mol.